The summed E-state index contributed by atoms with van der Waals surface area (Å²) in [4.78, 5) is 3.89. The van der Waals surface area contributed by atoms with Gasteiger partial charge in [-0.15, -0.1) is 0 Å². The molecular formula is C7H6BrF2IN2. The summed E-state index contributed by atoms with van der Waals surface area (Å²) in [5.41, 5.74) is 5.81. The van der Waals surface area contributed by atoms with Crippen molar-refractivity contribution in [2.75, 3.05) is 5.73 Å². The Labute approximate surface area is 96.2 Å². The first-order valence-corrected chi connectivity index (χ1v) is 5.55. The van der Waals surface area contributed by atoms with Crippen molar-refractivity contribution in [3.8, 4) is 0 Å². The molecule has 13 heavy (non-hydrogen) atoms. The molecule has 0 saturated heterocycles. The fraction of sp³-hybridized carbons (Fsp3) is 0.286. The van der Waals surface area contributed by atoms with Gasteiger partial charge in [-0.1, -0.05) is 15.9 Å². The summed E-state index contributed by atoms with van der Waals surface area (Å²) in [5.74, 6) is 0.166. The van der Waals surface area contributed by atoms with Gasteiger partial charge in [0.2, 0.25) is 0 Å². The number of anilines is 1. The van der Waals surface area contributed by atoms with Gasteiger partial charge in [-0.05, 0) is 28.7 Å². The lowest BCUT2D eigenvalue weighted by atomic mass is 10.1. The summed E-state index contributed by atoms with van der Waals surface area (Å²) >= 11 is 4.95. The molecule has 0 radical (unpaired) electrons. The Kier molecular flexibility index (Phi) is 3.84. The van der Waals surface area contributed by atoms with E-state index >= 15 is 0 Å². The highest BCUT2D eigenvalue weighted by molar-refractivity contribution is 14.1. The van der Waals surface area contributed by atoms with Crippen LogP contribution in [0, 0.1) is 3.70 Å². The number of hydrogen-bond donors (Lipinski definition) is 1. The van der Waals surface area contributed by atoms with Crippen molar-refractivity contribution < 1.29 is 8.78 Å². The topological polar surface area (TPSA) is 38.9 Å². The highest BCUT2D eigenvalue weighted by Gasteiger charge is 2.16. The third-order valence-electron chi connectivity index (χ3n) is 1.53. The molecule has 0 fully saturated rings. The molecule has 72 valence electrons. The predicted octanol–water partition coefficient (Wildman–Crippen LogP) is 3.10. The van der Waals surface area contributed by atoms with Crippen LogP contribution in [-0.4, -0.2) is 4.98 Å². The molecule has 0 amide bonds. The van der Waals surface area contributed by atoms with Gasteiger partial charge in [0.1, 0.15) is 9.52 Å². The van der Waals surface area contributed by atoms with Crippen LogP contribution in [-0.2, 0) is 5.33 Å². The van der Waals surface area contributed by atoms with E-state index in [1.165, 1.54) is 6.07 Å². The first-order valence-electron chi connectivity index (χ1n) is 3.35. The molecule has 2 N–H and O–H groups in total. The van der Waals surface area contributed by atoms with Crippen LogP contribution >= 0.6 is 38.5 Å². The zero-order valence-corrected chi connectivity index (χ0v) is 10.1. The lowest BCUT2D eigenvalue weighted by Crippen LogP contribution is -2.03. The fourth-order valence-corrected chi connectivity index (χ4v) is 2.12. The average molecular weight is 363 g/mol. The molecule has 1 heterocycles. The standard InChI is InChI=1S/C7H6BrF2IN2/c8-2-4-3(6(9)10)1-5(11)13-7(4)12/h1,6H,2H2,(H2,12,13). The molecule has 0 aliphatic rings. The summed E-state index contributed by atoms with van der Waals surface area (Å²) in [6.07, 6.45) is -2.51. The summed E-state index contributed by atoms with van der Waals surface area (Å²) in [7, 11) is 0. The third-order valence-corrected chi connectivity index (χ3v) is 2.64. The first-order chi connectivity index (χ1) is 6.06. The Hall–Kier alpha value is 0.0200. The molecule has 0 atom stereocenters. The number of rotatable bonds is 2. The van der Waals surface area contributed by atoms with Crippen molar-refractivity contribution in [2.45, 2.75) is 11.8 Å². The fourth-order valence-electron chi connectivity index (χ4n) is 0.918. The van der Waals surface area contributed by atoms with E-state index in [1.54, 1.807) is 0 Å². The van der Waals surface area contributed by atoms with E-state index in [0.29, 0.717) is 14.6 Å². The maximum Gasteiger partial charge on any atom is 0.264 e. The molecule has 1 aromatic rings. The van der Waals surface area contributed by atoms with Crippen LogP contribution in [0.5, 0.6) is 0 Å². The molecule has 0 saturated carbocycles. The lowest BCUT2D eigenvalue weighted by Gasteiger charge is -2.08. The Balaban J connectivity index is 3.29. The normalized spacial score (nSPS) is 10.8. The molecular weight excluding hydrogens is 357 g/mol. The molecule has 2 nitrogen and oxygen atoms in total. The van der Waals surface area contributed by atoms with E-state index in [9.17, 15) is 8.78 Å². The number of nitrogens with zero attached hydrogens (tertiary/aromatic N) is 1. The van der Waals surface area contributed by atoms with E-state index in [4.69, 9.17) is 5.73 Å². The second-order valence-corrected chi connectivity index (χ2v) is 4.00. The van der Waals surface area contributed by atoms with Gasteiger partial charge in [0.05, 0.1) is 0 Å². The van der Waals surface area contributed by atoms with E-state index < -0.39 is 6.43 Å². The van der Waals surface area contributed by atoms with Crippen LogP contribution in [0.25, 0.3) is 0 Å². The second kappa shape index (κ2) is 4.50. The van der Waals surface area contributed by atoms with Gasteiger partial charge >= 0.3 is 0 Å². The van der Waals surface area contributed by atoms with Crippen molar-refractivity contribution >= 4 is 44.3 Å². The van der Waals surface area contributed by atoms with Gasteiger partial charge in [0.15, 0.2) is 0 Å². The molecule has 0 aliphatic carbocycles. The van der Waals surface area contributed by atoms with Gasteiger partial charge in [-0.2, -0.15) is 0 Å². The van der Waals surface area contributed by atoms with E-state index in [2.05, 4.69) is 20.9 Å². The van der Waals surface area contributed by atoms with Crippen molar-refractivity contribution in [3.63, 3.8) is 0 Å². The van der Waals surface area contributed by atoms with Crippen LogP contribution in [0.1, 0.15) is 17.6 Å². The Morgan fingerprint density at radius 1 is 1.62 bits per heavy atom. The van der Waals surface area contributed by atoms with Crippen molar-refractivity contribution in [2.24, 2.45) is 0 Å². The zero-order valence-electron chi connectivity index (χ0n) is 6.40. The van der Waals surface area contributed by atoms with Gasteiger partial charge < -0.3 is 5.73 Å². The number of hydrogen-bond acceptors (Lipinski definition) is 2. The Morgan fingerprint density at radius 2 is 2.23 bits per heavy atom. The Bertz CT molecular complexity index is 320. The minimum atomic E-state index is -2.51. The van der Waals surface area contributed by atoms with Crippen LogP contribution in [0.2, 0.25) is 0 Å². The second-order valence-electron chi connectivity index (χ2n) is 2.33. The number of nitrogens with two attached hydrogens (primary N) is 1. The number of halogens is 4. The van der Waals surface area contributed by atoms with Gasteiger partial charge in [-0.3, -0.25) is 0 Å². The van der Waals surface area contributed by atoms with Gasteiger partial charge in [-0.25, -0.2) is 13.8 Å². The zero-order chi connectivity index (χ0) is 10.0. The molecule has 0 aromatic carbocycles. The highest BCUT2D eigenvalue weighted by Crippen LogP contribution is 2.28. The molecule has 0 unspecified atom stereocenters. The number of nitrogen functional groups attached to an aromatic ring is 1. The highest BCUT2D eigenvalue weighted by atomic mass is 127. The molecule has 0 bridgehead atoms. The number of alkyl halides is 3. The van der Waals surface area contributed by atoms with Crippen LogP contribution < -0.4 is 5.73 Å². The molecule has 6 heteroatoms. The number of aromatic nitrogens is 1. The largest absolute Gasteiger partial charge is 0.383 e. The maximum absolute atomic E-state index is 12.5. The minimum Gasteiger partial charge on any atom is -0.383 e. The summed E-state index contributed by atoms with van der Waals surface area (Å²) in [6.45, 7) is 0. The molecule has 1 rings (SSSR count). The summed E-state index contributed by atoms with van der Waals surface area (Å²) in [6, 6.07) is 1.35. The van der Waals surface area contributed by atoms with E-state index in [-0.39, 0.29) is 11.4 Å². The van der Waals surface area contributed by atoms with Crippen molar-refractivity contribution in [3.05, 3.63) is 20.9 Å². The van der Waals surface area contributed by atoms with Crippen molar-refractivity contribution in [1.29, 1.82) is 0 Å². The minimum absolute atomic E-state index is 0.0474. The molecule has 0 spiro atoms. The Morgan fingerprint density at radius 3 is 2.69 bits per heavy atom. The quantitative estimate of drug-likeness (QED) is 0.499. The van der Waals surface area contributed by atoms with Crippen molar-refractivity contribution in [1.82, 2.24) is 4.98 Å². The first kappa shape index (κ1) is 11.1. The van der Waals surface area contributed by atoms with Gasteiger partial charge in [0, 0.05) is 16.5 Å². The molecule has 0 aliphatic heterocycles. The van der Waals surface area contributed by atoms with Gasteiger partial charge in [0.25, 0.3) is 6.43 Å². The van der Waals surface area contributed by atoms with E-state index in [1.807, 2.05) is 22.6 Å². The summed E-state index contributed by atoms with van der Waals surface area (Å²) < 4.78 is 25.4. The average Bonchev–Trinajstić information content (AvgIpc) is 2.02. The van der Waals surface area contributed by atoms with E-state index in [0.717, 1.165) is 0 Å². The number of pyridine rings is 1. The summed E-state index contributed by atoms with van der Waals surface area (Å²) in [5, 5.41) is 0.294. The maximum atomic E-state index is 12.5. The smallest absolute Gasteiger partial charge is 0.264 e. The SMILES string of the molecule is Nc1nc(I)cc(C(F)F)c1CBr. The predicted molar refractivity (Wildman–Crippen MR) is 59.0 cm³/mol. The lowest BCUT2D eigenvalue weighted by molar-refractivity contribution is 0.150. The van der Waals surface area contributed by atoms with Crippen LogP contribution in [0.3, 0.4) is 0 Å². The monoisotopic (exact) mass is 362 g/mol. The molecule has 1 aromatic heterocycles. The van der Waals surface area contributed by atoms with Crippen LogP contribution in [0.15, 0.2) is 6.07 Å². The van der Waals surface area contributed by atoms with Crippen LogP contribution in [0.4, 0.5) is 14.6 Å². The third kappa shape index (κ3) is 2.49.